The smallest absolute Gasteiger partial charge is 0.407 e. The van der Waals surface area contributed by atoms with Crippen LogP contribution in [0.5, 0.6) is 0 Å². The minimum atomic E-state index is -0.837. The van der Waals surface area contributed by atoms with Crippen LogP contribution in [0.2, 0.25) is 0 Å². The Hall–Kier alpha value is -3.35. The zero-order valence-electron chi connectivity index (χ0n) is 18.9. The first-order valence-electron chi connectivity index (χ1n) is 11.5. The van der Waals surface area contributed by atoms with Crippen LogP contribution in [-0.4, -0.2) is 41.8 Å². The first-order valence-corrected chi connectivity index (χ1v) is 11.5. The van der Waals surface area contributed by atoms with E-state index in [1.54, 1.807) is 0 Å². The SMILES string of the molecule is CCC(C)C(NC(=O)OCC1c2ccccc2-c2ccccc21)C(=O)NC1CC(C(=O)O)C1. The van der Waals surface area contributed by atoms with Crippen molar-refractivity contribution in [3.05, 3.63) is 59.7 Å². The molecule has 174 valence electrons. The monoisotopic (exact) mass is 450 g/mol. The van der Waals surface area contributed by atoms with E-state index in [1.807, 2.05) is 38.1 Å². The predicted octanol–water partition coefficient (Wildman–Crippen LogP) is 3.92. The average Bonchev–Trinajstić information content (AvgIpc) is 3.11. The van der Waals surface area contributed by atoms with Gasteiger partial charge in [-0.15, -0.1) is 0 Å². The number of amides is 2. The Labute approximate surface area is 193 Å². The lowest BCUT2D eigenvalue weighted by Crippen LogP contribution is -2.55. The van der Waals surface area contributed by atoms with Crippen molar-refractivity contribution >= 4 is 18.0 Å². The Kier molecular flexibility index (Phi) is 6.67. The summed E-state index contributed by atoms with van der Waals surface area (Å²) in [6, 6.07) is 15.3. The Balaban J connectivity index is 1.37. The van der Waals surface area contributed by atoms with Gasteiger partial charge in [0.2, 0.25) is 5.91 Å². The Morgan fingerprint density at radius 2 is 1.61 bits per heavy atom. The molecule has 2 unspecified atom stereocenters. The summed E-state index contributed by atoms with van der Waals surface area (Å²) in [7, 11) is 0. The van der Waals surface area contributed by atoms with Crippen molar-refractivity contribution in [2.45, 2.75) is 51.1 Å². The molecule has 1 saturated carbocycles. The second-order valence-electron chi connectivity index (χ2n) is 9.05. The van der Waals surface area contributed by atoms with E-state index in [2.05, 4.69) is 34.9 Å². The number of nitrogens with one attached hydrogen (secondary N) is 2. The van der Waals surface area contributed by atoms with E-state index in [0.29, 0.717) is 19.3 Å². The third-order valence-corrected chi connectivity index (χ3v) is 6.95. The number of rotatable bonds is 8. The number of carboxylic acid groups (broad SMARTS) is 1. The molecule has 0 spiro atoms. The molecule has 0 bridgehead atoms. The Morgan fingerprint density at radius 1 is 1.03 bits per heavy atom. The molecular weight excluding hydrogens is 420 g/mol. The Morgan fingerprint density at radius 3 is 2.15 bits per heavy atom. The predicted molar refractivity (Wildman–Crippen MR) is 124 cm³/mol. The van der Waals surface area contributed by atoms with E-state index in [4.69, 9.17) is 9.84 Å². The van der Waals surface area contributed by atoms with Crippen molar-refractivity contribution in [1.82, 2.24) is 10.6 Å². The van der Waals surface area contributed by atoms with Crippen LogP contribution in [0.3, 0.4) is 0 Å². The lowest BCUT2D eigenvalue weighted by atomic mass is 9.80. The molecule has 2 aromatic rings. The number of benzene rings is 2. The highest BCUT2D eigenvalue weighted by Gasteiger charge is 2.37. The maximum atomic E-state index is 12.8. The van der Waals surface area contributed by atoms with Gasteiger partial charge in [0.15, 0.2) is 0 Å². The topological polar surface area (TPSA) is 105 Å². The highest BCUT2D eigenvalue weighted by atomic mass is 16.5. The highest BCUT2D eigenvalue weighted by Crippen LogP contribution is 2.44. The van der Waals surface area contributed by atoms with E-state index in [0.717, 1.165) is 22.3 Å². The zero-order valence-corrected chi connectivity index (χ0v) is 18.9. The van der Waals surface area contributed by atoms with Crippen molar-refractivity contribution in [2.75, 3.05) is 6.61 Å². The largest absolute Gasteiger partial charge is 0.481 e. The summed E-state index contributed by atoms with van der Waals surface area (Å²) in [4.78, 5) is 36.5. The summed E-state index contributed by atoms with van der Waals surface area (Å²) in [5, 5.41) is 14.6. The second-order valence-corrected chi connectivity index (χ2v) is 9.05. The molecule has 7 nitrogen and oxygen atoms in total. The molecule has 2 atom stereocenters. The quantitative estimate of drug-likeness (QED) is 0.565. The van der Waals surface area contributed by atoms with Gasteiger partial charge in [0.05, 0.1) is 5.92 Å². The number of carbonyl (C=O) groups excluding carboxylic acids is 2. The van der Waals surface area contributed by atoms with Crippen LogP contribution in [0.1, 0.15) is 50.2 Å². The van der Waals surface area contributed by atoms with E-state index in [-0.39, 0.29) is 30.4 Å². The lowest BCUT2D eigenvalue weighted by molar-refractivity contribution is -0.146. The van der Waals surface area contributed by atoms with Crippen LogP contribution >= 0.6 is 0 Å². The van der Waals surface area contributed by atoms with Crippen LogP contribution in [0.15, 0.2) is 48.5 Å². The molecular formula is C26H30N2O5. The van der Waals surface area contributed by atoms with Crippen molar-refractivity contribution in [3.8, 4) is 11.1 Å². The number of ether oxygens (including phenoxy) is 1. The molecule has 2 amide bonds. The fraction of sp³-hybridized carbons (Fsp3) is 0.423. The summed E-state index contributed by atoms with van der Waals surface area (Å²) in [5.74, 6) is -1.70. The van der Waals surface area contributed by atoms with Gasteiger partial charge in [-0.05, 0) is 41.0 Å². The van der Waals surface area contributed by atoms with Gasteiger partial charge in [0.25, 0.3) is 0 Å². The normalized spacial score (nSPS) is 20.5. The number of carboxylic acids is 1. The summed E-state index contributed by atoms with van der Waals surface area (Å²) in [5.41, 5.74) is 4.56. The van der Waals surface area contributed by atoms with E-state index < -0.39 is 24.0 Å². The first-order chi connectivity index (χ1) is 15.9. The highest BCUT2D eigenvalue weighted by molar-refractivity contribution is 5.86. The van der Waals surface area contributed by atoms with Gasteiger partial charge in [0, 0.05) is 12.0 Å². The van der Waals surface area contributed by atoms with Crippen LogP contribution in [-0.2, 0) is 14.3 Å². The minimum Gasteiger partial charge on any atom is -0.481 e. The van der Waals surface area contributed by atoms with Crippen LogP contribution in [0, 0.1) is 11.8 Å². The Bertz CT molecular complexity index is 1000. The van der Waals surface area contributed by atoms with Crippen LogP contribution in [0.25, 0.3) is 11.1 Å². The van der Waals surface area contributed by atoms with Crippen LogP contribution in [0.4, 0.5) is 4.79 Å². The number of carbonyl (C=O) groups is 3. The van der Waals surface area contributed by atoms with E-state index >= 15 is 0 Å². The molecule has 7 heteroatoms. The summed E-state index contributed by atoms with van der Waals surface area (Å²) < 4.78 is 5.60. The fourth-order valence-corrected chi connectivity index (χ4v) is 4.70. The van der Waals surface area contributed by atoms with Crippen molar-refractivity contribution in [2.24, 2.45) is 11.8 Å². The molecule has 0 aliphatic heterocycles. The summed E-state index contributed by atoms with van der Waals surface area (Å²) in [6.07, 6.45) is 0.900. The minimum absolute atomic E-state index is 0.0537. The number of alkyl carbamates (subject to hydrolysis) is 1. The molecule has 1 fully saturated rings. The lowest BCUT2D eigenvalue weighted by Gasteiger charge is -2.34. The standard InChI is InChI=1S/C26H30N2O5/c1-3-15(2)23(24(29)27-17-12-16(13-17)25(30)31)28-26(32)33-14-22-20-10-6-4-8-18(20)19-9-5-7-11-21(19)22/h4-11,15-17,22-23H,3,12-14H2,1-2H3,(H,27,29)(H,28,32)(H,30,31). The number of hydrogen-bond acceptors (Lipinski definition) is 4. The van der Waals surface area contributed by atoms with Gasteiger partial charge in [-0.1, -0.05) is 68.8 Å². The molecule has 0 aromatic heterocycles. The first kappa shape index (κ1) is 22.8. The third-order valence-electron chi connectivity index (χ3n) is 6.95. The number of hydrogen-bond donors (Lipinski definition) is 3. The van der Waals surface area contributed by atoms with Gasteiger partial charge in [-0.25, -0.2) is 4.79 Å². The number of fused-ring (bicyclic) bond motifs is 3. The third kappa shape index (κ3) is 4.72. The molecule has 2 aliphatic rings. The maximum Gasteiger partial charge on any atom is 0.407 e. The van der Waals surface area contributed by atoms with Crippen molar-refractivity contribution in [3.63, 3.8) is 0 Å². The molecule has 0 saturated heterocycles. The molecule has 3 N–H and O–H groups in total. The molecule has 2 aromatic carbocycles. The zero-order chi connectivity index (χ0) is 23.5. The second kappa shape index (κ2) is 9.65. The van der Waals surface area contributed by atoms with Crippen molar-refractivity contribution < 1.29 is 24.2 Å². The molecule has 2 aliphatic carbocycles. The number of aliphatic carboxylic acids is 1. The molecule has 4 rings (SSSR count). The molecule has 0 radical (unpaired) electrons. The average molecular weight is 451 g/mol. The van der Waals surface area contributed by atoms with Gasteiger partial charge in [-0.2, -0.15) is 0 Å². The van der Waals surface area contributed by atoms with Gasteiger partial charge in [0.1, 0.15) is 12.6 Å². The van der Waals surface area contributed by atoms with Crippen molar-refractivity contribution in [1.29, 1.82) is 0 Å². The van der Waals surface area contributed by atoms with Gasteiger partial charge in [-0.3, -0.25) is 9.59 Å². The van der Waals surface area contributed by atoms with E-state index in [9.17, 15) is 14.4 Å². The molecule has 33 heavy (non-hydrogen) atoms. The molecule has 0 heterocycles. The van der Waals surface area contributed by atoms with Gasteiger partial charge >= 0.3 is 12.1 Å². The summed E-state index contributed by atoms with van der Waals surface area (Å²) >= 11 is 0. The van der Waals surface area contributed by atoms with Crippen LogP contribution < -0.4 is 10.6 Å². The maximum absolute atomic E-state index is 12.8. The fourth-order valence-electron chi connectivity index (χ4n) is 4.70. The summed E-state index contributed by atoms with van der Waals surface area (Å²) in [6.45, 7) is 4.03. The van der Waals surface area contributed by atoms with Gasteiger partial charge < -0.3 is 20.5 Å². The van der Waals surface area contributed by atoms with E-state index in [1.165, 1.54) is 0 Å².